The fraction of sp³-hybridized carbons (Fsp3) is 0.242. The summed E-state index contributed by atoms with van der Waals surface area (Å²) < 4.78 is 13.5. The molecule has 1 aromatic carbocycles. The Labute approximate surface area is 233 Å². The largest absolute Gasteiger partial charge is 0.338 e. The van der Waals surface area contributed by atoms with E-state index in [9.17, 15) is 4.39 Å². The lowest BCUT2D eigenvalue weighted by Crippen LogP contribution is -2.23. The minimum absolute atomic E-state index is 0.257. The highest BCUT2D eigenvalue weighted by Gasteiger charge is 2.14. The molecule has 4 aromatic heterocycles. The third kappa shape index (κ3) is 5.38. The molecule has 0 atom stereocenters. The van der Waals surface area contributed by atoms with Crippen molar-refractivity contribution in [2.75, 3.05) is 19.6 Å². The smallest absolute Gasteiger partial charge is 0.138 e. The van der Waals surface area contributed by atoms with E-state index in [1.54, 1.807) is 18.3 Å². The molecule has 1 saturated heterocycles. The fourth-order valence-electron chi connectivity index (χ4n) is 5.54. The first-order valence-electron chi connectivity index (χ1n) is 13.9. The van der Waals surface area contributed by atoms with Gasteiger partial charge in [-0.15, -0.1) is 0 Å². The van der Waals surface area contributed by atoms with Crippen LogP contribution in [0.1, 0.15) is 37.3 Å². The lowest BCUT2D eigenvalue weighted by Gasteiger charge is -2.14. The molecule has 5 heterocycles. The number of pyridine rings is 2. The molecule has 6 nitrogen and oxygen atoms in total. The molecule has 6 rings (SSSR count). The quantitative estimate of drug-likeness (QED) is 0.278. The van der Waals surface area contributed by atoms with E-state index in [0.29, 0.717) is 0 Å². The molecule has 0 amide bonds. The average molecular weight is 533 g/mol. The zero-order valence-corrected chi connectivity index (χ0v) is 22.8. The number of hydrogen-bond donors (Lipinski definition) is 2. The standard InChI is InChI=1S/C33H33FN6/c1-3-30-29(17-22(2)25-18-23(20-35-21-25)7-6-16-40-14-4-5-15-40)32(39-38-30)31-19-28-27(12-13-36-33(28)37-31)24-8-10-26(34)11-9-24/h3,8-13,17-21,38H,2,4-7,14-16H2,1H3,(H,36,37)/b29-17+,30-3+. The number of nitrogens with one attached hydrogen (secondary N) is 2. The van der Waals surface area contributed by atoms with Crippen molar-refractivity contribution in [1.82, 2.24) is 30.0 Å². The Morgan fingerprint density at radius 2 is 1.93 bits per heavy atom. The van der Waals surface area contributed by atoms with Crippen molar-refractivity contribution in [2.45, 2.75) is 32.6 Å². The van der Waals surface area contributed by atoms with Crippen molar-refractivity contribution >= 4 is 28.8 Å². The summed E-state index contributed by atoms with van der Waals surface area (Å²) in [4.78, 5) is 15.0. The topological polar surface area (TPSA) is 73.5 Å². The van der Waals surface area contributed by atoms with E-state index in [4.69, 9.17) is 0 Å². The van der Waals surface area contributed by atoms with Crippen LogP contribution in [0, 0.1) is 5.82 Å². The molecule has 0 radical (unpaired) electrons. The molecular weight excluding hydrogens is 499 g/mol. The van der Waals surface area contributed by atoms with Crippen LogP contribution >= 0.6 is 0 Å². The van der Waals surface area contributed by atoms with Gasteiger partial charge < -0.3 is 9.88 Å². The first kappa shape index (κ1) is 25.9. The molecule has 0 unspecified atom stereocenters. The van der Waals surface area contributed by atoms with Gasteiger partial charge in [0.25, 0.3) is 0 Å². The number of aromatic nitrogens is 5. The van der Waals surface area contributed by atoms with E-state index < -0.39 is 0 Å². The second kappa shape index (κ2) is 11.4. The number of rotatable bonds is 8. The molecule has 0 aliphatic carbocycles. The van der Waals surface area contributed by atoms with Gasteiger partial charge in [-0.25, -0.2) is 9.37 Å². The second-order valence-electron chi connectivity index (χ2n) is 10.4. The normalized spacial score (nSPS) is 14.9. The molecular formula is C33H33FN6. The van der Waals surface area contributed by atoms with E-state index in [1.165, 1.54) is 43.6 Å². The number of hydrogen-bond acceptors (Lipinski definition) is 4. The van der Waals surface area contributed by atoms with Gasteiger partial charge in [0.1, 0.15) is 17.2 Å². The summed E-state index contributed by atoms with van der Waals surface area (Å²) in [6, 6.07) is 12.7. The van der Waals surface area contributed by atoms with Gasteiger partial charge in [0.2, 0.25) is 0 Å². The number of H-pyrrole nitrogens is 2. The summed E-state index contributed by atoms with van der Waals surface area (Å²) in [6.45, 7) is 9.98. The zero-order chi connectivity index (χ0) is 27.5. The SMILES string of the molecule is C=C(/C=c1/c(-c2cc3c(-c4ccc(F)cc4)ccnc3[nH]2)n[nH]/c1=C/C)c1cncc(CCCN2CCCC2)c1. The number of halogens is 1. The van der Waals surface area contributed by atoms with Crippen LogP contribution in [0.4, 0.5) is 4.39 Å². The molecule has 202 valence electrons. The number of aryl methyl sites for hydroxylation is 1. The minimum atomic E-state index is -0.257. The van der Waals surface area contributed by atoms with E-state index in [-0.39, 0.29) is 5.82 Å². The molecule has 2 N–H and O–H groups in total. The van der Waals surface area contributed by atoms with Gasteiger partial charge in [0, 0.05) is 29.2 Å². The number of nitrogens with zero attached hydrogens (tertiary/aromatic N) is 4. The lowest BCUT2D eigenvalue weighted by atomic mass is 10.0. The van der Waals surface area contributed by atoms with Gasteiger partial charge in [0.15, 0.2) is 0 Å². The molecule has 0 spiro atoms. The summed E-state index contributed by atoms with van der Waals surface area (Å²) >= 11 is 0. The number of benzene rings is 1. The van der Waals surface area contributed by atoms with Crippen LogP contribution in [0.3, 0.4) is 0 Å². The van der Waals surface area contributed by atoms with E-state index in [2.05, 4.69) is 54.8 Å². The van der Waals surface area contributed by atoms with E-state index in [1.807, 2.05) is 31.5 Å². The Morgan fingerprint density at radius 1 is 1.10 bits per heavy atom. The first-order valence-corrected chi connectivity index (χ1v) is 13.9. The Kier molecular flexibility index (Phi) is 7.38. The van der Waals surface area contributed by atoms with Crippen LogP contribution in [-0.4, -0.2) is 49.7 Å². The molecule has 5 aromatic rings. The summed E-state index contributed by atoms with van der Waals surface area (Å²) in [6.07, 6.45) is 14.5. The predicted molar refractivity (Wildman–Crippen MR) is 160 cm³/mol. The molecule has 1 aliphatic heterocycles. The summed E-state index contributed by atoms with van der Waals surface area (Å²) in [5.41, 5.74) is 7.39. The maximum Gasteiger partial charge on any atom is 0.138 e. The minimum Gasteiger partial charge on any atom is -0.338 e. The molecule has 40 heavy (non-hydrogen) atoms. The van der Waals surface area contributed by atoms with Crippen LogP contribution in [-0.2, 0) is 6.42 Å². The second-order valence-corrected chi connectivity index (χ2v) is 10.4. The number of aromatic amines is 2. The summed E-state index contributed by atoms with van der Waals surface area (Å²) in [5, 5.41) is 10.6. The lowest BCUT2D eigenvalue weighted by molar-refractivity contribution is 0.334. The third-order valence-electron chi connectivity index (χ3n) is 7.69. The van der Waals surface area contributed by atoms with Crippen LogP contribution in [0.2, 0.25) is 0 Å². The first-order chi connectivity index (χ1) is 19.6. The van der Waals surface area contributed by atoms with Gasteiger partial charge in [-0.1, -0.05) is 24.8 Å². The Bertz CT molecular complexity index is 1770. The number of fused-ring (bicyclic) bond motifs is 1. The van der Waals surface area contributed by atoms with E-state index >= 15 is 0 Å². The van der Waals surface area contributed by atoms with Crippen LogP contribution in [0.5, 0.6) is 0 Å². The van der Waals surface area contributed by atoms with Crippen molar-refractivity contribution in [3.05, 3.63) is 95.1 Å². The molecule has 1 fully saturated rings. The predicted octanol–water partition coefficient (Wildman–Crippen LogP) is 5.48. The maximum atomic E-state index is 13.5. The van der Waals surface area contributed by atoms with Gasteiger partial charge >= 0.3 is 0 Å². The summed E-state index contributed by atoms with van der Waals surface area (Å²) in [7, 11) is 0. The average Bonchev–Trinajstić information content (AvgIpc) is 3.73. The summed E-state index contributed by atoms with van der Waals surface area (Å²) in [5.74, 6) is -0.257. The Balaban J connectivity index is 1.31. The van der Waals surface area contributed by atoms with Crippen LogP contribution in [0.15, 0.2) is 67.6 Å². The molecule has 1 aliphatic rings. The van der Waals surface area contributed by atoms with Crippen molar-refractivity contribution in [2.24, 2.45) is 0 Å². The third-order valence-corrected chi connectivity index (χ3v) is 7.69. The number of allylic oxidation sites excluding steroid dienone is 1. The highest BCUT2D eigenvalue weighted by molar-refractivity contribution is 5.96. The van der Waals surface area contributed by atoms with Crippen molar-refractivity contribution in [3.63, 3.8) is 0 Å². The van der Waals surface area contributed by atoms with Crippen LogP contribution < -0.4 is 10.6 Å². The van der Waals surface area contributed by atoms with Gasteiger partial charge in [0.05, 0.1) is 11.0 Å². The molecule has 7 heteroatoms. The van der Waals surface area contributed by atoms with Gasteiger partial charge in [-0.2, -0.15) is 5.10 Å². The molecule has 0 bridgehead atoms. The fourth-order valence-corrected chi connectivity index (χ4v) is 5.54. The van der Waals surface area contributed by atoms with Crippen LogP contribution in [0.25, 0.3) is 51.3 Å². The highest BCUT2D eigenvalue weighted by atomic mass is 19.1. The van der Waals surface area contributed by atoms with Crippen molar-refractivity contribution in [1.29, 1.82) is 0 Å². The number of likely N-dealkylation sites (tertiary alicyclic amines) is 1. The van der Waals surface area contributed by atoms with E-state index in [0.717, 1.165) is 74.6 Å². The molecule has 0 saturated carbocycles. The zero-order valence-electron chi connectivity index (χ0n) is 22.8. The maximum absolute atomic E-state index is 13.5. The van der Waals surface area contributed by atoms with Crippen molar-refractivity contribution < 1.29 is 4.39 Å². The van der Waals surface area contributed by atoms with Gasteiger partial charge in [-0.3, -0.25) is 10.1 Å². The van der Waals surface area contributed by atoms with Gasteiger partial charge in [-0.05, 0) is 116 Å². The Hall–Kier alpha value is -4.36. The van der Waals surface area contributed by atoms with Crippen molar-refractivity contribution in [3.8, 4) is 22.5 Å². The Morgan fingerprint density at radius 3 is 2.73 bits per heavy atom. The monoisotopic (exact) mass is 532 g/mol. The highest BCUT2D eigenvalue weighted by Crippen LogP contribution is 2.30.